The van der Waals surface area contributed by atoms with Gasteiger partial charge >= 0.3 is 5.97 Å². The Bertz CT molecular complexity index is 1380. The second-order valence-corrected chi connectivity index (χ2v) is 8.70. The second kappa shape index (κ2) is 8.76. The van der Waals surface area contributed by atoms with Crippen molar-refractivity contribution in [3.8, 4) is 11.3 Å². The highest BCUT2D eigenvalue weighted by molar-refractivity contribution is 7.80. The SMILES string of the molecule is Cc1ccc(N2C(=S)N[C@H](c3ccccn3)[C@@H]2c2ccc(-c3ccccc3C(=O)O)o2)cc1C. The molecule has 0 unspecified atom stereocenters. The van der Waals surface area contributed by atoms with E-state index < -0.39 is 5.97 Å². The average Bonchev–Trinajstić information content (AvgIpc) is 3.46. The number of rotatable bonds is 5. The van der Waals surface area contributed by atoms with Gasteiger partial charge in [-0.3, -0.25) is 4.98 Å². The van der Waals surface area contributed by atoms with Gasteiger partial charge in [-0.1, -0.05) is 30.3 Å². The van der Waals surface area contributed by atoms with Crippen LogP contribution < -0.4 is 10.2 Å². The van der Waals surface area contributed by atoms with Crippen LogP contribution in [-0.4, -0.2) is 21.2 Å². The molecule has 34 heavy (non-hydrogen) atoms. The lowest BCUT2D eigenvalue weighted by molar-refractivity contribution is 0.0697. The Kier molecular flexibility index (Phi) is 5.63. The zero-order chi connectivity index (χ0) is 23.8. The number of anilines is 1. The zero-order valence-corrected chi connectivity index (χ0v) is 19.5. The van der Waals surface area contributed by atoms with Gasteiger partial charge in [-0.15, -0.1) is 0 Å². The molecule has 0 saturated carbocycles. The Labute approximate surface area is 202 Å². The maximum Gasteiger partial charge on any atom is 0.336 e. The standard InChI is InChI=1S/C27H23N3O3S/c1-16-10-11-18(15-17(16)2)30-25(24(29-27(30)34)21-9-5-6-14-28-21)23-13-12-22(33-23)19-7-3-4-8-20(19)26(31)32/h3-15,24-25H,1-2H3,(H,29,34)(H,31,32)/t24-,25+/m1/s1. The summed E-state index contributed by atoms with van der Waals surface area (Å²) in [4.78, 5) is 18.4. The fraction of sp³-hybridized carbons (Fsp3) is 0.148. The molecule has 0 aliphatic carbocycles. The van der Waals surface area contributed by atoms with Crippen LogP contribution in [0, 0.1) is 13.8 Å². The predicted molar refractivity (Wildman–Crippen MR) is 135 cm³/mol. The quantitative estimate of drug-likeness (QED) is 0.356. The molecule has 0 amide bonds. The Morgan fingerprint density at radius 2 is 1.82 bits per heavy atom. The smallest absolute Gasteiger partial charge is 0.336 e. The first-order valence-electron chi connectivity index (χ1n) is 10.9. The van der Waals surface area contributed by atoms with Gasteiger partial charge < -0.3 is 19.7 Å². The van der Waals surface area contributed by atoms with Crippen LogP contribution in [0.4, 0.5) is 5.69 Å². The summed E-state index contributed by atoms with van der Waals surface area (Å²) in [5.41, 5.74) is 4.87. The highest BCUT2D eigenvalue weighted by Gasteiger charge is 2.42. The van der Waals surface area contributed by atoms with Crippen LogP contribution in [0.15, 0.2) is 83.4 Å². The lowest BCUT2D eigenvalue weighted by atomic mass is 10.0. The first-order chi connectivity index (χ1) is 16.4. The van der Waals surface area contributed by atoms with Crippen LogP contribution in [0.5, 0.6) is 0 Å². The van der Waals surface area contributed by atoms with Gasteiger partial charge in [0.25, 0.3) is 0 Å². The molecular formula is C27H23N3O3S. The molecule has 2 aromatic carbocycles. The Balaban J connectivity index is 1.63. The maximum atomic E-state index is 11.7. The topological polar surface area (TPSA) is 78.6 Å². The molecule has 6 nitrogen and oxygen atoms in total. The lowest BCUT2D eigenvalue weighted by Gasteiger charge is -2.26. The molecular weight excluding hydrogens is 446 g/mol. The maximum absolute atomic E-state index is 11.7. The minimum Gasteiger partial charge on any atom is -0.478 e. The predicted octanol–water partition coefficient (Wildman–Crippen LogP) is 5.83. The van der Waals surface area contributed by atoms with E-state index in [2.05, 4.69) is 36.3 Å². The largest absolute Gasteiger partial charge is 0.478 e. The number of nitrogens with zero attached hydrogens (tertiary/aromatic N) is 2. The molecule has 2 aromatic heterocycles. The number of aromatic carboxylic acids is 1. The molecule has 1 saturated heterocycles. The molecule has 4 aromatic rings. The summed E-state index contributed by atoms with van der Waals surface area (Å²) >= 11 is 5.78. The molecule has 3 heterocycles. The third kappa shape index (κ3) is 3.84. The summed E-state index contributed by atoms with van der Waals surface area (Å²) in [5, 5.41) is 13.6. The van der Waals surface area contributed by atoms with Gasteiger partial charge in [0.15, 0.2) is 5.11 Å². The fourth-order valence-electron chi connectivity index (χ4n) is 4.34. The number of pyridine rings is 1. The lowest BCUT2D eigenvalue weighted by Crippen LogP contribution is -2.29. The number of carboxylic acid groups (broad SMARTS) is 1. The van der Waals surface area contributed by atoms with Crippen molar-refractivity contribution in [2.45, 2.75) is 25.9 Å². The number of benzene rings is 2. The number of carboxylic acids is 1. The van der Waals surface area contributed by atoms with E-state index in [-0.39, 0.29) is 17.6 Å². The molecule has 170 valence electrons. The van der Waals surface area contributed by atoms with Crippen molar-refractivity contribution in [3.05, 3.63) is 107 Å². The molecule has 2 atom stereocenters. The van der Waals surface area contributed by atoms with Crippen LogP contribution in [0.1, 0.15) is 45.0 Å². The number of aromatic nitrogens is 1. The van der Waals surface area contributed by atoms with E-state index in [1.807, 2.05) is 41.3 Å². The van der Waals surface area contributed by atoms with E-state index in [1.165, 1.54) is 5.56 Å². The number of thiocarbonyl (C=S) groups is 1. The minimum absolute atomic E-state index is 0.191. The number of carbonyl (C=O) groups is 1. The number of hydrogen-bond donors (Lipinski definition) is 2. The van der Waals surface area contributed by atoms with Crippen molar-refractivity contribution in [1.82, 2.24) is 10.3 Å². The Morgan fingerprint density at radius 1 is 1.03 bits per heavy atom. The summed E-state index contributed by atoms with van der Waals surface area (Å²) in [7, 11) is 0. The summed E-state index contributed by atoms with van der Waals surface area (Å²) in [6, 6.07) is 22.0. The number of furan rings is 1. The number of aryl methyl sites for hydroxylation is 2. The van der Waals surface area contributed by atoms with E-state index in [0.29, 0.717) is 22.2 Å². The number of nitrogens with one attached hydrogen (secondary N) is 1. The van der Waals surface area contributed by atoms with Gasteiger partial charge in [0.2, 0.25) is 0 Å². The zero-order valence-electron chi connectivity index (χ0n) is 18.7. The monoisotopic (exact) mass is 469 g/mol. The van der Waals surface area contributed by atoms with Gasteiger partial charge in [-0.25, -0.2) is 4.79 Å². The summed E-state index contributed by atoms with van der Waals surface area (Å²) in [6.45, 7) is 4.15. The van der Waals surface area contributed by atoms with Crippen molar-refractivity contribution in [2.75, 3.05) is 4.90 Å². The average molecular weight is 470 g/mol. The van der Waals surface area contributed by atoms with Crippen LogP contribution in [-0.2, 0) is 0 Å². The van der Waals surface area contributed by atoms with Crippen LogP contribution in [0.25, 0.3) is 11.3 Å². The van der Waals surface area contributed by atoms with Crippen molar-refractivity contribution >= 4 is 29.0 Å². The first-order valence-corrected chi connectivity index (χ1v) is 11.3. The van der Waals surface area contributed by atoms with Gasteiger partial charge in [-0.2, -0.15) is 0 Å². The highest BCUT2D eigenvalue weighted by Crippen LogP contribution is 2.43. The summed E-state index contributed by atoms with van der Waals surface area (Å²) < 4.78 is 6.32. The molecule has 0 bridgehead atoms. The van der Waals surface area contributed by atoms with Crippen molar-refractivity contribution in [3.63, 3.8) is 0 Å². The second-order valence-electron chi connectivity index (χ2n) is 8.32. The van der Waals surface area contributed by atoms with Gasteiger partial charge in [-0.05, 0) is 79.7 Å². The highest BCUT2D eigenvalue weighted by atomic mass is 32.1. The van der Waals surface area contributed by atoms with Crippen LogP contribution in [0.2, 0.25) is 0 Å². The van der Waals surface area contributed by atoms with Crippen LogP contribution >= 0.6 is 12.2 Å². The third-order valence-electron chi connectivity index (χ3n) is 6.21. The third-order valence-corrected chi connectivity index (χ3v) is 6.52. The molecule has 1 aliphatic rings. The molecule has 7 heteroatoms. The van der Waals surface area contributed by atoms with Crippen molar-refractivity contribution in [1.29, 1.82) is 0 Å². The van der Waals surface area contributed by atoms with E-state index in [1.54, 1.807) is 30.5 Å². The van der Waals surface area contributed by atoms with E-state index in [0.717, 1.165) is 16.9 Å². The molecule has 5 rings (SSSR count). The number of hydrogen-bond acceptors (Lipinski definition) is 4. The van der Waals surface area contributed by atoms with E-state index in [4.69, 9.17) is 16.6 Å². The first kappa shape index (κ1) is 21.9. The Hall–Kier alpha value is -3.97. The van der Waals surface area contributed by atoms with Gasteiger partial charge in [0.1, 0.15) is 17.6 Å². The van der Waals surface area contributed by atoms with E-state index in [9.17, 15) is 9.90 Å². The summed E-state index contributed by atoms with van der Waals surface area (Å²) in [6.07, 6.45) is 1.76. The molecule has 0 radical (unpaired) electrons. The molecule has 1 fully saturated rings. The molecule has 1 aliphatic heterocycles. The normalized spacial score (nSPS) is 17.6. The van der Waals surface area contributed by atoms with E-state index >= 15 is 0 Å². The fourth-order valence-corrected chi connectivity index (χ4v) is 4.68. The molecule has 2 N–H and O–H groups in total. The van der Waals surface area contributed by atoms with Gasteiger partial charge in [0.05, 0.1) is 17.3 Å². The van der Waals surface area contributed by atoms with Gasteiger partial charge in [0, 0.05) is 17.4 Å². The van der Waals surface area contributed by atoms with Crippen molar-refractivity contribution < 1.29 is 14.3 Å². The van der Waals surface area contributed by atoms with Crippen molar-refractivity contribution in [2.24, 2.45) is 0 Å². The minimum atomic E-state index is -1.000. The Morgan fingerprint density at radius 3 is 2.56 bits per heavy atom. The summed E-state index contributed by atoms with van der Waals surface area (Å²) in [5.74, 6) is 0.155. The van der Waals surface area contributed by atoms with Crippen LogP contribution in [0.3, 0.4) is 0 Å². The molecule has 0 spiro atoms.